The average Bonchev–Trinajstić information content (AvgIpc) is 3.60. The van der Waals surface area contributed by atoms with Crippen LogP contribution in [0, 0.1) is 17.1 Å². The number of hydrogen-bond donors (Lipinski definition) is 2. The van der Waals surface area contributed by atoms with Crippen molar-refractivity contribution in [1.29, 1.82) is 5.41 Å². The Bertz CT molecular complexity index is 1630. The van der Waals surface area contributed by atoms with Gasteiger partial charge in [-0.25, -0.2) is 4.39 Å². The van der Waals surface area contributed by atoms with Crippen LogP contribution in [0.25, 0.3) is 11.1 Å². The van der Waals surface area contributed by atoms with E-state index in [4.69, 9.17) is 10.1 Å². The van der Waals surface area contributed by atoms with E-state index in [-0.39, 0.29) is 40.5 Å². The summed E-state index contributed by atoms with van der Waals surface area (Å²) in [5.41, 5.74) is 0.530. The fourth-order valence-corrected chi connectivity index (χ4v) is 4.82. The summed E-state index contributed by atoms with van der Waals surface area (Å²) in [6.45, 7) is 0.163. The third-order valence-corrected chi connectivity index (χ3v) is 7.01. The third kappa shape index (κ3) is 5.51. The highest BCUT2D eigenvalue weighted by molar-refractivity contribution is 5.96. The monoisotopic (exact) mass is 556 g/mol. The molecular weight excluding hydrogens is 528 g/mol. The van der Waals surface area contributed by atoms with Crippen molar-refractivity contribution < 1.29 is 27.1 Å². The number of amides is 1. The Hall–Kier alpha value is -4.35. The topological polar surface area (TPSA) is 89.9 Å². The van der Waals surface area contributed by atoms with Gasteiger partial charge in [0.15, 0.2) is 17.3 Å². The number of benzene rings is 2. The third-order valence-electron chi connectivity index (χ3n) is 7.01. The summed E-state index contributed by atoms with van der Waals surface area (Å²) < 4.78 is 64.9. The van der Waals surface area contributed by atoms with E-state index in [2.05, 4.69) is 10.4 Å². The van der Waals surface area contributed by atoms with Crippen LogP contribution >= 0.6 is 0 Å². The lowest BCUT2D eigenvalue weighted by molar-refractivity contribution is -0.140. The number of carbonyl (C=O) groups excluding carboxylic acids is 1. The van der Waals surface area contributed by atoms with E-state index in [9.17, 15) is 22.4 Å². The summed E-state index contributed by atoms with van der Waals surface area (Å²) in [5, 5.41) is 14.9. The van der Waals surface area contributed by atoms with Gasteiger partial charge in [-0.2, -0.15) is 18.3 Å². The minimum atomic E-state index is -4.70. The minimum absolute atomic E-state index is 0.0593. The molecule has 0 aliphatic heterocycles. The highest BCUT2D eigenvalue weighted by Gasteiger charge is 2.38. The number of ether oxygens (including phenoxy) is 1. The molecule has 1 fully saturated rings. The van der Waals surface area contributed by atoms with Crippen molar-refractivity contribution in [2.45, 2.75) is 31.6 Å². The van der Waals surface area contributed by atoms with Gasteiger partial charge >= 0.3 is 6.18 Å². The SMILES string of the molecule is COc1cc([C@@H](NC(=O)c2cc(Cn3ccn(C)c3=N)cc(-c3cn(C)nc3C(F)(F)F)c2)C2CC2)ccc1F. The van der Waals surface area contributed by atoms with E-state index in [1.807, 2.05) is 0 Å². The Balaban J connectivity index is 1.55. The van der Waals surface area contributed by atoms with E-state index in [1.54, 1.807) is 52.8 Å². The number of nitrogens with zero attached hydrogens (tertiary/aromatic N) is 4. The summed E-state index contributed by atoms with van der Waals surface area (Å²) in [6, 6.07) is 8.59. The lowest BCUT2D eigenvalue weighted by Crippen LogP contribution is -2.30. The van der Waals surface area contributed by atoms with Gasteiger partial charge in [-0.1, -0.05) is 6.07 Å². The van der Waals surface area contributed by atoms with Crippen molar-refractivity contribution in [2.75, 3.05) is 7.11 Å². The molecule has 2 aromatic carbocycles. The van der Waals surface area contributed by atoms with Crippen molar-refractivity contribution in [3.05, 3.63) is 88.8 Å². The Morgan fingerprint density at radius 2 is 1.93 bits per heavy atom. The van der Waals surface area contributed by atoms with Gasteiger partial charge in [-0.3, -0.25) is 14.9 Å². The lowest BCUT2D eigenvalue weighted by Gasteiger charge is -2.20. The van der Waals surface area contributed by atoms with Gasteiger partial charge < -0.3 is 19.2 Å². The summed E-state index contributed by atoms with van der Waals surface area (Å²) in [5.74, 6) is -0.801. The second-order valence-electron chi connectivity index (χ2n) is 10.0. The molecule has 0 spiro atoms. The Labute approximate surface area is 227 Å². The zero-order valence-electron chi connectivity index (χ0n) is 22.1. The van der Waals surface area contributed by atoms with Crippen LogP contribution < -0.4 is 15.7 Å². The van der Waals surface area contributed by atoms with Gasteiger partial charge in [0.2, 0.25) is 5.62 Å². The van der Waals surface area contributed by atoms with Gasteiger partial charge in [0.05, 0.1) is 19.7 Å². The van der Waals surface area contributed by atoms with Crippen molar-refractivity contribution >= 4 is 5.91 Å². The maximum Gasteiger partial charge on any atom is 0.435 e. The summed E-state index contributed by atoms with van der Waals surface area (Å²) in [7, 11) is 4.47. The molecule has 2 heterocycles. The predicted molar refractivity (Wildman–Crippen MR) is 138 cm³/mol. The van der Waals surface area contributed by atoms with Crippen LogP contribution in [0.2, 0.25) is 0 Å². The van der Waals surface area contributed by atoms with Gasteiger partial charge in [0.25, 0.3) is 5.91 Å². The first-order valence-corrected chi connectivity index (χ1v) is 12.6. The maximum atomic E-state index is 14.0. The van der Waals surface area contributed by atoms with Gasteiger partial charge in [0, 0.05) is 43.8 Å². The second kappa shape index (κ2) is 10.3. The van der Waals surface area contributed by atoms with Crippen LogP contribution in [0.15, 0.2) is 55.0 Å². The number of rotatable bonds is 8. The number of imidazole rings is 1. The molecule has 12 heteroatoms. The number of methoxy groups -OCH3 is 1. The largest absolute Gasteiger partial charge is 0.494 e. The molecule has 2 N–H and O–H groups in total. The van der Waals surface area contributed by atoms with E-state index in [1.165, 1.54) is 32.5 Å². The van der Waals surface area contributed by atoms with Crippen LogP contribution in [0.1, 0.15) is 46.1 Å². The number of carbonyl (C=O) groups is 1. The van der Waals surface area contributed by atoms with Crippen molar-refractivity contribution in [3.63, 3.8) is 0 Å². The fraction of sp³-hybridized carbons (Fsp3) is 0.321. The van der Waals surface area contributed by atoms with Crippen molar-refractivity contribution in [2.24, 2.45) is 20.0 Å². The predicted octanol–water partition coefficient (Wildman–Crippen LogP) is 4.80. The molecule has 0 unspecified atom stereocenters. The molecule has 0 bridgehead atoms. The first-order chi connectivity index (χ1) is 18.9. The molecule has 1 saturated carbocycles. The highest BCUT2D eigenvalue weighted by Crippen LogP contribution is 2.42. The van der Waals surface area contributed by atoms with E-state index in [0.717, 1.165) is 17.5 Å². The summed E-state index contributed by atoms with van der Waals surface area (Å²) >= 11 is 0. The Morgan fingerprint density at radius 3 is 2.55 bits per heavy atom. The first kappa shape index (κ1) is 27.2. The maximum absolute atomic E-state index is 14.0. The molecule has 8 nitrogen and oxygen atoms in total. The molecule has 1 atom stereocenters. The van der Waals surface area contributed by atoms with Crippen LogP contribution in [0.5, 0.6) is 5.75 Å². The van der Waals surface area contributed by atoms with E-state index in [0.29, 0.717) is 11.1 Å². The lowest BCUT2D eigenvalue weighted by atomic mass is 9.98. The zero-order chi connectivity index (χ0) is 28.8. The van der Waals surface area contributed by atoms with Gasteiger partial charge in [-0.05, 0) is 65.8 Å². The molecular formula is C28H28F4N6O2. The second-order valence-corrected chi connectivity index (χ2v) is 10.0. The van der Waals surface area contributed by atoms with Gasteiger partial charge in [0.1, 0.15) is 0 Å². The molecule has 4 aromatic rings. The van der Waals surface area contributed by atoms with Crippen molar-refractivity contribution in [1.82, 2.24) is 24.2 Å². The molecule has 1 aliphatic rings. The van der Waals surface area contributed by atoms with Gasteiger partial charge in [-0.15, -0.1) is 0 Å². The first-order valence-electron chi connectivity index (χ1n) is 12.6. The van der Waals surface area contributed by atoms with Crippen LogP contribution in [-0.2, 0) is 26.8 Å². The molecule has 0 saturated heterocycles. The summed E-state index contributed by atoms with van der Waals surface area (Å²) in [6.07, 6.45) is 1.70. The number of alkyl halides is 3. The quantitative estimate of drug-likeness (QED) is 0.306. The number of aryl methyl sites for hydroxylation is 2. The Kier molecular flexibility index (Phi) is 7.03. The fourth-order valence-electron chi connectivity index (χ4n) is 4.82. The van der Waals surface area contributed by atoms with E-state index >= 15 is 0 Å². The normalized spacial score (nSPS) is 14.3. The molecule has 2 aromatic heterocycles. The molecule has 1 amide bonds. The molecule has 1 aliphatic carbocycles. The number of nitrogens with one attached hydrogen (secondary N) is 2. The Morgan fingerprint density at radius 1 is 1.18 bits per heavy atom. The average molecular weight is 557 g/mol. The summed E-state index contributed by atoms with van der Waals surface area (Å²) in [4.78, 5) is 13.6. The van der Waals surface area contributed by atoms with E-state index < -0.39 is 29.6 Å². The highest BCUT2D eigenvalue weighted by atomic mass is 19.4. The molecule has 0 radical (unpaired) electrons. The van der Waals surface area contributed by atoms with Crippen LogP contribution in [0.3, 0.4) is 0 Å². The number of hydrogen-bond acceptors (Lipinski definition) is 4. The van der Waals surface area contributed by atoms with Crippen molar-refractivity contribution in [3.8, 4) is 16.9 Å². The number of halogens is 4. The van der Waals surface area contributed by atoms with Crippen LogP contribution in [0.4, 0.5) is 17.6 Å². The molecule has 210 valence electrons. The zero-order valence-corrected chi connectivity index (χ0v) is 22.1. The smallest absolute Gasteiger partial charge is 0.435 e. The molecule has 5 rings (SSSR count). The minimum Gasteiger partial charge on any atom is -0.494 e. The standard InChI is InChI=1S/C28H28F4N6O2/c1-36-8-9-38(27(36)33)14-16-10-19(21-15-37(2)35-25(21)28(30,31)32)12-20(11-16)26(39)34-24(17-4-5-17)18-6-7-22(29)23(13-18)40-3/h6-13,15,17,24,33H,4-5,14H2,1-3H3,(H,34,39)/t24-/m0/s1. The van der Waals surface area contributed by atoms with Crippen LogP contribution in [-0.4, -0.2) is 31.9 Å². The number of aromatic nitrogens is 4. The molecule has 40 heavy (non-hydrogen) atoms.